The van der Waals surface area contributed by atoms with Crippen molar-refractivity contribution in [1.82, 2.24) is 14.3 Å². The van der Waals surface area contributed by atoms with Crippen molar-refractivity contribution in [2.45, 2.75) is 13.1 Å². The van der Waals surface area contributed by atoms with Crippen molar-refractivity contribution in [3.8, 4) is 0 Å². The van der Waals surface area contributed by atoms with Crippen LogP contribution in [0.3, 0.4) is 0 Å². The van der Waals surface area contributed by atoms with Gasteiger partial charge in [0.25, 0.3) is 5.56 Å². The van der Waals surface area contributed by atoms with Crippen molar-refractivity contribution in [2.24, 2.45) is 0 Å². The number of hydrogen-bond donors (Lipinski definition) is 0. The zero-order chi connectivity index (χ0) is 14.8. The summed E-state index contributed by atoms with van der Waals surface area (Å²) >= 11 is 1.43. The third-order valence-electron chi connectivity index (χ3n) is 3.13. The molecule has 0 radical (unpaired) electrons. The maximum absolute atomic E-state index is 13.2. The Morgan fingerprint density at radius 1 is 1.33 bits per heavy atom. The minimum atomic E-state index is -0.239. The quantitative estimate of drug-likeness (QED) is 0.743. The maximum Gasteiger partial charge on any atom is 0.258 e. The fourth-order valence-corrected chi connectivity index (χ4v) is 2.99. The minimum absolute atomic E-state index is 0.0737. The van der Waals surface area contributed by atoms with Gasteiger partial charge in [0, 0.05) is 30.7 Å². The molecule has 0 amide bonds. The van der Waals surface area contributed by atoms with E-state index in [1.165, 1.54) is 27.9 Å². The van der Waals surface area contributed by atoms with Gasteiger partial charge >= 0.3 is 0 Å². The van der Waals surface area contributed by atoms with Crippen LogP contribution in [0.5, 0.6) is 0 Å². The summed E-state index contributed by atoms with van der Waals surface area (Å²) in [5.74, 6) is -0.239. The predicted octanol–water partition coefficient (Wildman–Crippen LogP) is 2.53. The molecule has 0 spiro atoms. The summed E-state index contributed by atoms with van der Waals surface area (Å²) < 4.78 is 14.7. The van der Waals surface area contributed by atoms with Crippen molar-refractivity contribution in [3.05, 3.63) is 69.3 Å². The molecule has 0 aliphatic carbocycles. The van der Waals surface area contributed by atoms with Gasteiger partial charge in [-0.1, -0.05) is 12.1 Å². The molecular weight excluding hydrogens is 289 g/mol. The summed E-state index contributed by atoms with van der Waals surface area (Å²) in [6.45, 7) is 1.14. The maximum atomic E-state index is 13.2. The second kappa shape index (κ2) is 5.75. The molecule has 2 aromatic heterocycles. The van der Waals surface area contributed by atoms with E-state index < -0.39 is 0 Å². The Hall–Kier alpha value is -2.05. The molecule has 2 heterocycles. The van der Waals surface area contributed by atoms with Crippen molar-refractivity contribution in [1.29, 1.82) is 0 Å². The number of nitrogens with zero attached hydrogens (tertiary/aromatic N) is 3. The minimum Gasteiger partial charge on any atom is -0.296 e. The van der Waals surface area contributed by atoms with E-state index in [-0.39, 0.29) is 11.4 Å². The lowest BCUT2D eigenvalue weighted by atomic mass is 10.2. The van der Waals surface area contributed by atoms with Crippen LogP contribution in [0, 0.1) is 5.82 Å². The van der Waals surface area contributed by atoms with Crippen molar-refractivity contribution in [3.63, 3.8) is 0 Å². The van der Waals surface area contributed by atoms with Crippen LogP contribution in [0.25, 0.3) is 4.96 Å². The van der Waals surface area contributed by atoms with Gasteiger partial charge < -0.3 is 0 Å². The topological polar surface area (TPSA) is 37.6 Å². The Morgan fingerprint density at radius 2 is 2.19 bits per heavy atom. The fraction of sp³-hybridized carbons (Fsp3) is 0.200. The van der Waals surface area contributed by atoms with Gasteiger partial charge in [-0.25, -0.2) is 9.37 Å². The zero-order valence-corrected chi connectivity index (χ0v) is 12.3. The standard InChI is InChI=1S/C15H14FN3OS/c1-18(9-11-3-2-4-12(16)7-11)10-13-8-14(20)19-5-6-21-15(19)17-13/h2-8H,9-10H2,1H3. The average Bonchev–Trinajstić information content (AvgIpc) is 2.87. The molecule has 1 aromatic carbocycles. The number of rotatable bonds is 4. The number of aromatic nitrogens is 2. The predicted molar refractivity (Wildman–Crippen MR) is 80.9 cm³/mol. The Morgan fingerprint density at radius 3 is 3.00 bits per heavy atom. The first-order chi connectivity index (χ1) is 10.1. The largest absolute Gasteiger partial charge is 0.296 e. The van der Waals surface area contributed by atoms with Crippen LogP contribution in [0.4, 0.5) is 4.39 Å². The third-order valence-corrected chi connectivity index (χ3v) is 3.89. The van der Waals surface area contributed by atoms with Gasteiger partial charge in [-0.2, -0.15) is 0 Å². The van der Waals surface area contributed by atoms with E-state index in [1.807, 2.05) is 23.4 Å². The highest BCUT2D eigenvalue weighted by molar-refractivity contribution is 7.15. The van der Waals surface area contributed by atoms with Crippen LogP contribution in [0.1, 0.15) is 11.3 Å². The highest BCUT2D eigenvalue weighted by Crippen LogP contribution is 2.10. The van der Waals surface area contributed by atoms with Crippen LogP contribution >= 0.6 is 11.3 Å². The number of halogens is 1. The zero-order valence-electron chi connectivity index (χ0n) is 11.5. The summed E-state index contributed by atoms with van der Waals surface area (Å²) in [5, 5.41) is 1.84. The number of hydrogen-bond acceptors (Lipinski definition) is 4. The highest BCUT2D eigenvalue weighted by atomic mass is 32.1. The molecule has 0 N–H and O–H groups in total. The SMILES string of the molecule is CN(Cc1cccc(F)c1)Cc1cc(=O)n2ccsc2n1. The lowest BCUT2D eigenvalue weighted by molar-refractivity contribution is 0.314. The van der Waals surface area contributed by atoms with Crippen LogP contribution < -0.4 is 5.56 Å². The van der Waals surface area contributed by atoms with Gasteiger partial charge in [0.2, 0.25) is 0 Å². The molecule has 0 bridgehead atoms. The monoisotopic (exact) mass is 303 g/mol. The van der Waals surface area contributed by atoms with Gasteiger partial charge in [-0.15, -0.1) is 11.3 Å². The first-order valence-electron chi connectivity index (χ1n) is 6.50. The molecule has 21 heavy (non-hydrogen) atoms. The lowest BCUT2D eigenvalue weighted by Gasteiger charge is -2.16. The van der Waals surface area contributed by atoms with Crippen LogP contribution in [-0.4, -0.2) is 21.3 Å². The molecular formula is C15H14FN3OS. The number of thiazole rings is 1. The summed E-state index contributed by atoms with van der Waals surface area (Å²) in [5.41, 5.74) is 1.54. The van der Waals surface area contributed by atoms with Crippen molar-refractivity contribution in [2.75, 3.05) is 7.05 Å². The summed E-state index contributed by atoms with van der Waals surface area (Å²) in [7, 11) is 1.92. The smallest absolute Gasteiger partial charge is 0.258 e. The van der Waals surface area contributed by atoms with E-state index in [0.29, 0.717) is 18.1 Å². The Kier molecular flexibility index (Phi) is 3.81. The third kappa shape index (κ3) is 3.17. The van der Waals surface area contributed by atoms with E-state index in [1.54, 1.807) is 18.3 Å². The molecule has 108 valence electrons. The van der Waals surface area contributed by atoms with Crippen LogP contribution in [-0.2, 0) is 13.1 Å². The number of benzene rings is 1. The first kappa shape index (κ1) is 13.9. The summed E-state index contributed by atoms with van der Waals surface area (Å²) in [6.07, 6.45) is 1.72. The molecule has 3 rings (SSSR count). The Bertz CT molecular complexity index is 827. The average molecular weight is 303 g/mol. The molecule has 0 atom stereocenters. The van der Waals surface area contributed by atoms with Gasteiger partial charge in [-0.05, 0) is 24.7 Å². The van der Waals surface area contributed by atoms with Gasteiger partial charge in [0.05, 0.1) is 5.69 Å². The Balaban J connectivity index is 1.76. The lowest BCUT2D eigenvalue weighted by Crippen LogP contribution is -2.21. The first-order valence-corrected chi connectivity index (χ1v) is 7.38. The second-order valence-corrected chi connectivity index (χ2v) is 5.82. The molecule has 3 aromatic rings. The highest BCUT2D eigenvalue weighted by Gasteiger charge is 2.07. The van der Waals surface area contributed by atoms with Crippen LogP contribution in [0.2, 0.25) is 0 Å². The Labute approximate surface area is 125 Å². The van der Waals surface area contributed by atoms with Crippen molar-refractivity contribution >= 4 is 16.3 Å². The molecule has 0 saturated heterocycles. The normalized spacial score (nSPS) is 11.4. The van der Waals surface area contributed by atoms with E-state index in [0.717, 1.165) is 11.3 Å². The fourth-order valence-electron chi connectivity index (χ4n) is 2.25. The molecule has 4 nitrogen and oxygen atoms in total. The summed E-state index contributed by atoms with van der Waals surface area (Å²) in [4.78, 5) is 19.1. The molecule has 0 saturated carbocycles. The van der Waals surface area contributed by atoms with Gasteiger partial charge in [0.15, 0.2) is 4.96 Å². The molecule has 0 unspecified atom stereocenters. The summed E-state index contributed by atoms with van der Waals surface area (Å²) in [6, 6.07) is 8.06. The van der Waals surface area contributed by atoms with Crippen molar-refractivity contribution < 1.29 is 4.39 Å². The van der Waals surface area contributed by atoms with E-state index in [4.69, 9.17) is 0 Å². The molecule has 0 aliphatic heterocycles. The number of fused-ring (bicyclic) bond motifs is 1. The van der Waals surface area contributed by atoms with Crippen LogP contribution in [0.15, 0.2) is 46.7 Å². The van der Waals surface area contributed by atoms with Gasteiger partial charge in [-0.3, -0.25) is 14.1 Å². The molecule has 0 fully saturated rings. The molecule has 0 aliphatic rings. The molecule has 6 heteroatoms. The van der Waals surface area contributed by atoms with E-state index >= 15 is 0 Å². The van der Waals surface area contributed by atoms with E-state index in [2.05, 4.69) is 4.98 Å². The van der Waals surface area contributed by atoms with Gasteiger partial charge in [0.1, 0.15) is 5.82 Å². The van der Waals surface area contributed by atoms with E-state index in [9.17, 15) is 9.18 Å². The second-order valence-electron chi connectivity index (χ2n) is 4.94.